The van der Waals surface area contributed by atoms with Crippen LogP contribution in [0, 0.1) is 0 Å². The molecule has 4 nitrogen and oxygen atoms in total. The fraction of sp³-hybridized carbons (Fsp3) is 0.875. The molecule has 0 saturated heterocycles. The standard InChI is InChI=1S/C8H18N2O2S/c1-6(5-11)13-4-3-8(2,10)7(9)12/h6,11H,3-5,10H2,1-2H3,(H2,9,12). The summed E-state index contributed by atoms with van der Waals surface area (Å²) in [6.07, 6.45) is 0.539. The maximum absolute atomic E-state index is 10.8. The number of thioether (sulfide) groups is 1. The summed E-state index contributed by atoms with van der Waals surface area (Å²) in [5.41, 5.74) is 9.81. The minimum Gasteiger partial charge on any atom is -0.395 e. The van der Waals surface area contributed by atoms with E-state index in [-0.39, 0.29) is 11.9 Å². The van der Waals surface area contributed by atoms with Crippen LogP contribution in [0.4, 0.5) is 0 Å². The number of rotatable bonds is 6. The maximum Gasteiger partial charge on any atom is 0.237 e. The molecule has 0 aliphatic rings. The van der Waals surface area contributed by atoms with Gasteiger partial charge in [0.05, 0.1) is 12.1 Å². The number of aliphatic hydroxyl groups is 1. The number of hydrogen-bond acceptors (Lipinski definition) is 4. The molecule has 0 aliphatic heterocycles. The van der Waals surface area contributed by atoms with Gasteiger partial charge < -0.3 is 16.6 Å². The zero-order chi connectivity index (χ0) is 10.5. The lowest BCUT2D eigenvalue weighted by molar-refractivity contribution is -0.122. The van der Waals surface area contributed by atoms with Crippen molar-refractivity contribution in [2.45, 2.75) is 31.1 Å². The Morgan fingerprint density at radius 1 is 1.69 bits per heavy atom. The molecule has 13 heavy (non-hydrogen) atoms. The van der Waals surface area contributed by atoms with E-state index in [4.69, 9.17) is 16.6 Å². The first-order chi connectivity index (χ1) is 5.90. The van der Waals surface area contributed by atoms with E-state index in [1.165, 1.54) is 0 Å². The molecular weight excluding hydrogens is 188 g/mol. The van der Waals surface area contributed by atoms with Crippen LogP contribution in [0.3, 0.4) is 0 Å². The van der Waals surface area contributed by atoms with Gasteiger partial charge in [-0.1, -0.05) is 6.92 Å². The average molecular weight is 206 g/mol. The Labute approximate surface area is 83.1 Å². The maximum atomic E-state index is 10.8. The van der Waals surface area contributed by atoms with Crippen LogP contribution in [-0.4, -0.2) is 34.2 Å². The SMILES string of the molecule is CC(CO)SCCC(C)(N)C(N)=O. The highest BCUT2D eigenvalue weighted by Gasteiger charge is 2.24. The first-order valence-electron chi connectivity index (χ1n) is 4.21. The molecule has 5 heteroatoms. The number of aliphatic hydroxyl groups excluding tert-OH is 1. The van der Waals surface area contributed by atoms with Gasteiger partial charge in [0.25, 0.3) is 0 Å². The average Bonchev–Trinajstić information content (AvgIpc) is 2.03. The van der Waals surface area contributed by atoms with Crippen molar-refractivity contribution in [2.24, 2.45) is 11.5 Å². The number of primary amides is 1. The largest absolute Gasteiger partial charge is 0.395 e. The van der Waals surface area contributed by atoms with E-state index in [0.717, 1.165) is 5.75 Å². The van der Waals surface area contributed by atoms with E-state index in [2.05, 4.69) is 0 Å². The van der Waals surface area contributed by atoms with Crippen LogP contribution in [0.5, 0.6) is 0 Å². The molecule has 0 aromatic heterocycles. The van der Waals surface area contributed by atoms with Crippen molar-refractivity contribution >= 4 is 17.7 Å². The lowest BCUT2D eigenvalue weighted by Crippen LogP contribution is -2.49. The van der Waals surface area contributed by atoms with Crippen LogP contribution in [0.2, 0.25) is 0 Å². The van der Waals surface area contributed by atoms with E-state index >= 15 is 0 Å². The predicted molar refractivity (Wildman–Crippen MR) is 55.4 cm³/mol. The molecule has 0 spiro atoms. The predicted octanol–water partition coefficient (Wildman–Crippen LogP) is -0.307. The Hall–Kier alpha value is -0.260. The molecule has 5 N–H and O–H groups in total. The normalized spacial score (nSPS) is 17.8. The van der Waals surface area contributed by atoms with E-state index < -0.39 is 11.4 Å². The number of carbonyl (C=O) groups excluding carboxylic acids is 1. The Morgan fingerprint density at radius 2 is 2.23 bits per heavy atom. The summed E-state index contributed by atoms with van der Waals surface area (Å²) in [7, 11) is 0. The molecule has 0 aromatic rings. The molecule has 0 bridgehead atoms. The third kappa shape index (κ3) is 5.13. The van der Waals surface area contributed by atoms with Gasteiger partial charge in [0.15, 0.2) is 0 Å². The van der Waals surface area contributed by atoms with Crippen LogP contribution >= 0.6 is 11.8 Å². The van der Waals surface area contributed by atoms with Crippen LogP contribution < -0.4 is 11.5 Å². The van der Waals surface area contributed by atoms with Crippen molar-refractivity contribution < 1.29 is 9.90 Å². The minimum absolute atomic E-state index is 0.141. The summed E-state index contributed by atoms with van der Waals surface area (Å²) in [6.45, 7) is 3.69. The Bertz CT molecular complexity index is 174. The third-order valence-corrected chi connectivity index (χ3v) is 3.00. The fourth-order valence-electron chi connectivity index (χ4n) is 0.648. The van der Waals surface area contributed by atoms with Crippen LogP contribution in [0.25, 0.3) is 0 Å². The number of hydrogen-bond donors (Lipinski definition) is 3. The first-order valence-corrected chi connectivity index (χ1v) is 5.26. The molecule has 0 radical (unpaired) electrons. The second-order valence-electron chi connectivity index (χ2n) is 3.40. The van der Waals surface area contributed by atoms with E-state index in [9.17, 15) is 4.79 Å². The molecule has 1 amide bonds. The van der Waals surface area contributed by atoms with Crippen LogP contribution in [0.1, 0.15) is 20.3 Å². The van der Waals surface area contributed by atoms with Gasteiger partial charge in [-0.25, -0.2) is 0 Å². The van der Waals surface area contributed by atoms with Crippen molar-refractivity contribution in [3.63, 3.8) is 0 Å². The minimum atomic E-state index is -0.928. The van der Waals surface area contributed by atoms with Crippen molar-refractivity contribution in [3.05, 3.63) is 0 Å². The Kier molecular flexibility index (Phi) is 5.36. The summed E-state index contributed by atoms with van der Waals surface area (Å²) < 4.78 is 0. The van der Waals surface area contributed by atoms with Crippen LogP contribution in [0.15, 0.2) is 0 Å². The molecule has 2 atom stereocenters. The highest BCUT2D eigenvalue weighted by Crippen LogP contribution is 2.15. The molecule has 2 unspecified atom stereocenters. The summed E-state index contributed by atoms with van der Waals surface area (Å²) in [5.74, 6) is 0.252. The quantitative estimate of drug-likeness (QED) is 0.556. The number of carbonyl (C=O) groups is 1. The lowest BCUT2D eigenvalue weighted by Gasteiger charge is -2.20. The molecule has 0 heterocycles. The smallest absolute Gasteiger partial charge is 0.237 e. The van der Waals surface area contributed by atoms with Gasteiger partial charge in [-0.05, 0) is 19.1 Å². The van der Waals surface area contributed by atoms with Gasteiger partial charge in [-0.2, -0.15) is 11.8 Å². The highest BCUT2D eigenvalue weighted by atomic mass is 32.2. The molecule has 0 rings (SSSR count). The highest BCUT2D eigenvalue weighted by molar-refractivity contribution is 7.99. The number of nitrogens with two attached hydrogens (primary N) is 2. The monoisotopic (exact) mass is 206 g/mol. The fourth-order valence-corrected chi connectivity index (χ4v) is 1.70. The van der Waals surface area contributed by atoms with Gasteiger partial charge in [-0.3, -0.25) is 4.79 Å². The van der Waals surface area contributed by atoms with Gasteiger partial charge in [-0.15, -0.1) is 0 Å². The first kappa shape index (κ1) is 12.7. The third-order valence-electron chi connectivity index (χ3n) is 1.84. The molecule has 78 valence electrons. The summed E-state index contributed by atoms with van der Waals surface area (Å²) >= 11 is 1.58. The Balaban J connectivity index is 3.70. The summed E-state index contributed by atoms with van der Waals surface area (Å²) in [6, 6.07) is 0. The van der Waals surface area contributed by atoms with E-state index in [1.807, 2.05) is 6.92 Å². The topological polar surface area (TPSA) is 89.3 Å². The number of amides is 1. The molecule has 0 fully saturated rings. The molecular formula is C8H18N2O2S. The van der Waals surface area contributed by atoms with Crippen molar-refractivity contribution in [1.29, 1.82) is 0 Å². The zero-order valence-corrected chi connectivity index (χ0v) is 8.93. The lowest BCUT2D eigenvalue weighted by atomic mass is 10.0. The molecule has 0 aromatic carbocycles. The van der Waals surface area contributed by atoms with E-state index in [0.29, 0.717) is 6.42 Å². The zero-order valence-electron chi connectivity index (χ0n) is 8.12. The van der Waals surface area contributed by atoms with Gasteiger partial charge >= 0.3 is 0 Å². The van der Waals surface area contributed by atoms with Gasteiger partial charge in [0, 0.05) is 5.25 Å². The molecule has 0 aliphatic carbocycles. The summed E-state index contributed by atoms with van der Waals surface area (Å²) in [4.78, 5) is 10.8. The van der Waals surface area contributed by atoms with Crippen molar-refractivity contribution in [2.75, 3.05) is 12.4 Å². The van der Waals surface area contributed by atoms with Gasteiger partial charge in [0.2, 0.25) is 5.91 Å². The Morgan fingerprint density at radius 3 is 2.62 bits per heavy atom. The molecule has 0 saturated carbocycles. The second-order valence-corrected chi connectivity index (χ2v) is 4.94. The second kappa shape index (κ2) is 5.47. The van der Waals surface area contributed by atoms with Crippen molar-refractivity contribution in [1.82, 2.24) is 0 Å². The summed E-state index contributed by atoms with van der Waals surface area (Å²) in [5, 5.41) is 8.91. The van der Waals surface area contributed by atoms with E-state index in [1.54, 1.807) is 18.7 Å². The van der Waals surface area contributed by atoms with Crippen molar-refractivity contribution in [3.8, 4) is 0 Å². The van der Waals surface area contributed by atoms with Gasteiger partial charge in [0.1, 0.15) is 0 Å². The van der Waals surface area contributed by atoms with Crippen LogP contribution in [-0.2, 0) is 4.79 Å².